The molecular formula is C34H56Br2OSi2. The molecule has 0 saturated heterocycles. The van der Waals surface area contributed by atoms with Crippen LogP contribution in [0.5, 0.6) is 0 Å². The number of hydrogen-bond donors (Lipinski definition) is 0. The second-order valence-corrected chi connectivity index (χ2v) is 27.1. The van der Waals surface area contributed by atoms with Gasteiger partial charge in [-0.2, -0.15) is 0 Å². The Balaban J connectivity index is 3.00. The van der Waals surface area contributed by atoms with Crippen molar-refractivity contribution in [1.29, 1.82) is 0 Å². The molecule has 0 fully saturated rings. The van der Waals surface area contributed by atoms with Crippen LogP contribution >= 0.6 is 31.9 Å². The molecule has 0 N–H and O–H groups in total. The van der Waals surface area contributed by atoms with Crippen LogP contribution in [0.25, 0.3) is 0 Å². The molecule has 0 saturated carbocycles. The molecule has 0 spiro atoms. The number of benzene rings is 2. The van der Waals surface area contributed by atoms with Gasteiger partial charge in [0.05, 0.1) is 0 Å². The van der Waals surface area contributed by atoms with Gasteiger partial charge in [0.15, 0.2) is 16.6 Å². The summed E-state index contributed by atoms with van der Waals surface area (Å²) in [5.74, 6) is 0. The first-order valence-electron chi connectivity index (χ1n) is 14.9. The summed E-state index contributed by atoms with van der Waals surface area (Å²) in [6.45, 7) is 38.5. The van der Waals surface area contributed by atoms with Crippen molar-refractivity contribution in [3.05, 3.63) is 66.6 Å². The van der Waals surface area contributed by atoms with Crippen molar-refractivity contribution < 1.29 is 4.12 Å². The highest BCUT2D eigenvalue weighted by Gasteiger charge is 2.64. The molecule has 0 unspecified atom stereocenters. The predicted molar refractivity (Wildman–Crippen MR) is 186 cm³/mol. The predicted octanol–water partition coefficient (Wildman–Crippen LogP) is 12.3. The highest BCUT2D eigenvalue weighted by atomic mass is 79.9. The topological polar surface area (TPSA) is 9.23 Å². The molecule has 5 heteroatoms. The first-order chi connectivity index (χ1) is 17.6. The number of aryl methyl sites for hydroxylation is 4. The Morgan fingerprint density at radius 2 is 0.718 bits per heavy atom. The van der Waals surface area contributed by atoms with Crippen LogP contribution in [0.15, 0.2) is 33.2 Å². The van der Waals surface area contributed by atoms with E-state index in [0.29, 0.717) is 22.2 Å². The third-order valence-corrected chi connectivity index (χ3v) is 26.6. The summed E-state index contributed by atoms with van der Waals surface area (Å²) >= 11 is 7.65. The molecule has 0 aliphatic heterocycles. The Morgan fingerprint density at radius 3 is 0.897 bits per heavy atom. The normalized spacial score (nSPS) is 13.9. The van der Waals surface area contributed by atoms with E-state index in [1.807, 2.05) is 0 Å². The summed E-state index contributed by atoms with van der Waals surface area (Å²) in [6, 6.07) is 9.70. The van der Waals surface area contributed by atoms with Gasteiger partial charge < -0.3 is 4.12 Å². The average molecular weight is 697 g/mol. The minimum Gasteiger partial charge on any atom is -0.453 e. The van der Waals surface area contributed by atoms with Crippen molar-refractivity contribution in [3.63, 3.8) is 0 Å². The van der Waals surface area contributed by atoms with Crippen LogP contribution in [0.4, 0.5) is 0 Å². The monoisotopic (exact) mass is 694 g/mol. The molecular weight excluding hydrogens is 640 g/mol. The Labute approximate surface area is 260 Å². The summed E-state index contributed by atoms with van der Waals surface area (Å²) in [4.78, 5) is 0. The molecule has 0 aliphatic carbocycles. The van der Waals surface area contributed by atoms with Crippen molar-refractivity contribution in [2.45, 2.75) is 143 Å². The lowest BCUT2D eigenvalue weighted by Gasteiger charge is -2.61. The third-order valence-electron chi connectivity index (χ3n) is 10.0. The van der Waals surface area contributed by atoms with E-state index >= 15 is 0 Å². The second kappa shape index (κ2) is 12.2. The maximum absolute atomic E-state index is 8.38. The van der Waals surface area contributed by atoms with E-state index in [2.05, 4.69) is 167 Å². The van der Waals surface area contributed by atoms with E-state index in [4.69, 9.17) is 4.12 Å². The average Bonchev–Trinajstić information content (AvgIpc) is 2.79. The van der Waals surface area contributed by atoms with Crippen molar-refractivity contribution >= 4 is 48.5 Å². The van der Waals surface area contributed by atoms with Gasteiger partial charge in [-0.1, -0.05) is 139 Å². The summed E-state index contributed by atoms with van der Waals surface area (Å²) in [5.41, 5.74) is 9.95. The smallest absolute Gasteiger partial charge is 0.195 e. The maximum atomic E-state index is 8.38. The molecule has 1 nitrogen and oxygen atoms in total. The summed E-state index contributed by atoms with van der Waals surface area (Å²) in [7, 11) is -4.97. The molecule has 220 valence electrons. The van der Waals surface area contributed by atoms with Crippen LogP contribution in [-0.2, 0) is 14.2 Å². The molecule has 0 aliphatic rings. The SMILES string of the molecule is Cc1cc(C(C)(C)[Si](O[Si](C(C)C)(C(C)C)C(C)(C)c2cc(C)c(Br)c(C)c2)(C(C)C)C(C)C)cc(C)c1Br. The van der Waals surface area contributed by atoms with E-state index in [0.717, 1.165) is 0 Å². The maximum Gasteiger partial charge on any atom is 0.195 e. The summed E-state index contributed by atoms with van der Waals surface area (Å²) in [5, 5.41) is -0.148. The van der Waals surface area contributed by atoms with Gasteiger partial charge >= 0.3 is 0 Å². The molecule has 0 atom stereocenters. The van der Waals surface area contributed by atoms with Gasteiger partial charge in [0.2, 0.25) is 0 Å². The lowest BCUT2D eigenvalue weighted by atomic mass is 9.97. The highest BCUT2D eigenvalue weighted by Crippen LogP contribution is 2.57. The van der Waals surface area contributed by atoms with Crippen LogP contribution in [0.3, 0.4) is 0 Å². The molecule has 2 aromatic rings. The van der Waals surface area contributed by atoms with Crippen LogP contribution in [0, 0.1) is 27.7 Å². The van der Waals surface area contributed by atoms with Crippen LogP contribution in [-0.4, -0.2) is 16.6 Å². The van der Waals surface area contributed by atoms with Gasteiger partial charge in [-0.15, -0.1) is 0 Å². The van der Waals surface area contributed by atoms with Gasteiger partial charge in [-0.25, -0.2) is 0 Å². The first-order valence-corrected chi connectivity index (χ1v) is 20.6. The zero-order valence-corrected chi connectivity index (χ0v) is 33.0. The summed E-state index contributed by atoms with van der Waals surface area (Å²) in [6.07, 6.45) is 0. The van der Waals surface area contributed by atoms with E-state index in [9.17, 15) is 0 Å². The van der Waals surface area contributed by atoms with E-state index < -0.39 is 16.6 Å². The molecule has 0 aromatic heterocycles. The van der Waals surface area contributed by atoms with Gasteiger partial charge in [0.1, 0.15) is 0 Å². The Kier molecular flexibility index (Phi) is 10.9. The Morgan fingerprint density at radius 1 is 0.513 bits per heavy atom. The van der Waals surface area contributed by atoms with Crippen molar-refractivity contribution in [2.24, 2.45) is 0 Å². The van der Waals surface area contributed by atoms with Crippen molar-refractivity contribution in [2.75, 3.05) is 0 Å². The van der Waals surface area contributed by atoms with Gasteiger partial charge in [0, 0.05) is 19.0 Å². The first kappa shape index (κ1) is 35.0. The zero-order valence-electron chi connectivity index (χ0n) is 27.8. The fraction of sp³-hybridized carbons (Fsp3) is 0.647. The number of halogens is 2. The van der Waals surface area contributed by atoms with Crippen LogP contribution in [0.2, 0.25) is 22.2 Å². The quantitative estimate of drug-likeness (QED) is 0.225. The zero-order chi connectivity index (χ0) is 30.5. The Hall–Kier alpha value is -0.206. The minimum atomic E-state index is -2.49. The molecule has 2 rings (SSSR count). The van der Waals surface area contributed by atoms with E-state index in [1.54, 1.807) is 0 Å². The van der Waals surface area contributed by atoms with Gasteiger partial charge in [-0.05, 0) is 83.2 Å². The summed E-state index contributed by atoms with van der Waals surface area (Å²) < 4.78 is 10.8. The van der Waals surface area contributed by atoms with Crippen LogP contribution in [0.1, 0.15) is 116 Å². The van der Waals surface area contributed by atoms with Crippen molar-refractivity contribution in [1.82, 2.24) is 0 Å². The van der Waals surface area contributed by atoms with Crippen molar-refractivity contribution in [3.8, 4) is 0 Å². The molecule has 0 radical (unpaired) electrons. The molecule has 39 heavy (non-hydrogen) atoms. The third kappa shape index (κ3) is 5.75. The van der Waals surface area contributed by atoms with E-state index in [-0.39, 0.29) is 10.1 Å². The van der Waals surface area contributed by atoms with Gasteiger partial charge in [-0.3, -0.25) is 0 Å². The molecule has 2 aromatic carbocycles. The fourth-order valence-electron chi connectivity index (χ4n) is 8.29. The van der Waals surface area contributed by atoms with Gasteiger partial charge in [0.25, 0.3) is 0 Å². The standard InChI is InChI=1S/C34H56Br2OSi2/c1-21(2)38(22(3)4,33(13,14)29-17-25(9)31(35)26(10)18-29)37-39(23(5)6,24(7)8)34(15,16)30-19-27(11)32(36)28(12)20-30/h17-24H,1-16H3. The lowest BCUT2D eigenvalue weighted by molar-refractivity contribution is 0.373. The fourth-order valence-corrected chi connectivity index (χ4v) is 26.4. The lowest BCUT2D eigenvalue weighted by Crippen LogP contribution is -2.71. The molecule has 0 heterocycles. The number of rotatable bonds is 10. The second-order valence-electron chi connectivity index (χ2n) is 14.4. The van der Waals surface area contributed by atoms with Crippen LogP contribution < -0.4 is 0 Å². The molecule has 0 amide bonds. The minimum absolute atomic E-state index is 0.0742. The largest absolute Gasteiger partial charge is 0.453 e. The Bertz CT molecular complexity index is 1020. The highest BCUT2D eigenvalue weighted by molar-refractivity contribution is 9.10. The van der Waals surface area contributed by atoms with E-state index in [1.165, 1.54) is 42.3 Å². The number of hydrogen-bond acceptors (Lipinski definition) is 1. The molecule has 0 bridgehead atoms.